The van der Waals surface area contributed by atoms with Gasteiger partial charge in [0.05, 0.1) is 12.7 Å². The monoisotopic (exact) mass is 254 g/mol. The third-order valence-electron chi connectivity index (χ3n) is 4.31. The van der Waals surface area contributed by atoms with Crippen molar-refractivity contribution in [2.24, 2.45) is 5.92 Å². The summed E-state index contributed by atoms with van der Waals surface area (Å²) in [7, 11) is 0. The van der Waals surface area contributed by atoms with Gasteiger partial charge >= 0.3 is 0 Å². The summed E-state index contributed by atoms with van der Waals surface area (Å²) in [6, 6.07) is 0.569. The molecule has 106 valence electrons. The molecule has 18 heavy (non-hydrogen) atoms. The van der Waals surface area contributed by atoms with E-state index in [1.165, 1.54) is 32.1 Å². The van der Waals surface area contributed by atoms with Crippen LogP contribution in [0.4, 0.5) is 0 Å². The van der Waals surface area contributed by atoms with Crippen molar-refractivity contribution >= 4 is 0 Å². The number of rotatable bonds is 8. The van der Waals surface area contributed by atoms with Gasteiger partial charge in [-0.2, -0.15) is 0 Å². The van der Waals surface area contributed by atoms with E-state index >= 15 is 0 Å². The highest BCUT2D eigenvalue weighted by atomic mass is 16.5. The zero-order valence-electron chi connectivity index (χ0n) is 12.2. The molecule has 0 aromatic heterocycles. The van der Waals surface area contributed by atoms with Crippen molar-refractivity contribution in [2.75, 3.05) is 32.8 Å². The highest BCUT2D eigenvalue weighted by Crippen LogP contribution is 2.34. The predicted molar refractivity (Wildman–Crippen MR) is 75.9 cm³/mol. The Bertz CT molecular complexity index is 231. The summed E-state index contributed by atoms with van der Waals surface area (Å²) in [6.07, 6.45) is 7.24. The quantitative estimate of drug-likeness (QED) is 0.719. The average Bonchev–Trinajstić information content (AvgIpc) is 3.23. The van der Waals surface area contributed by atoms with Crippen LogP contribution in [0.2, 0.25) is 0 Å². The van der Waals surface area contributed by atoms with Gasteiger partial charge in [-0.05, 0) is 38.3 Å². The highest BCUT2D eigenvalue weighted by molar-refractivity contribution is 4.85. The summed E-state index contributed by atoms with van der Waals surface area (Å²) in [6.45, 7) is 9.90. The minimum atomic E-state index is 0.406. The first-order valence-corrected chi connectivity index (χ1v) is 7.90. The normalized spacial score (nSPS) is 27.3. The number of likely N-dealkylation sites (N-methyl/N-ethyl adjacent to an activating group) is 1. The molecule has 3 heteroatoms. The first-order chi connectivity index (χ1) is 8.83. The minimum Gasteiger partial charge on any atom is -0.374 e. The molecule has 2 unspecified atom stereocenters. The van der Waals surface area contributed by atoms with E-state index in [9.17, 15) is 0 Å². The maximum atomic E-state index is 6.02. The molecule has 1 aliphatic heterocycles. The van der Waals surface area contributed by atoms with Crippen molar-refractivity contribution < 1.29 is 4.74 Å². The number of hydrogen-bond acceptors (Lipinski definition) is 3. The first kappa shape index (κ1) is 14.3. The summed E-state index contributed by atoms with van der Waals surface area (Å²) < 4.78 is 6.02. The van der Waals surface area contributed by atoms with E-state index in [0.717, 1.165) is 38.7 Å². The Balaban J connectivity index is 1.80. The van der Waals surface area contributed by atoms with E-state index in [0.29, 0.717) is 12.1 Å². The molecule has 0 spiro atoms. The van der Waals surface area contributed by atoms with Crippen molar-refractivity contribution in [3.8, 4) is 0 Å². The van der Waals surface area contributed by atoms with E-state index in [4.69, 9.17) is 4.74 Å². The molecule has 2 rings (SSSR count). The zero-order chi connectivity index (χ0) is 12.8. The van der Waals surface area contributed by atoms with Crippen molar-refractivity contribution in [1.29, 1.82) is 0 Å². The van der Waals surface area contributed by atoms with Crippen molar-refractivity contribution in [1.82, 2.24) is 10.2 Å². The number of nitrogens with one attached hydrogen (secondary N) is 1. The molecule has 0 radical (unpaired) electrons. The van der Waals surface area contributed by atoms with Crippen LogP contribution in [0.5, 0.6) is 0 Å². The Morgan fingerprint density at radius 3 is 2.83 bits per heavy atom. The van der Waals surface area contributed by atoms with E-state index < -0.39 is 0 Å². The standard InChI is InChI=1S/C15H30N2O/c1-3-9-16-14(8-7-13-5-6-13)15-12-17(4-2)10-11-18-15/h13-16H,3-12H2,1-2H3. The van der Waals surface area contributed by atoms with Gasteiger partial charge in [-0.25, -0.2) is 0 Å². The van der Waals surface area contributed by atoms with Gasteiger partial charge in [0.1, 0.15) is 0 Å². The van der Waals surface area contributed by atoms with Crippen LogP contribution in [0.25, 0.3) is 0 Å². The second-order valence-corrected chi connectivity index (χ2v) is 5.88. The Morgan fingerprint density at radius 1 is 1.33 bits per heavy atom. The first-order valence-electron chi connectivity index (χ1n) is 7.90. The molecule has 0 amide bonds. The fourth-order valence-electron chi connectivity index (χ4n) is 2.83. The van der Waals surface area contributed by atoms with Crippen LogP contribution in [-0.4, -0.2) is 49.8 Å². The number of hydrogen-bond donors (Lipinski definition) is 1. The van der Waals surface area contributed by atoms with Gasteiger partial charge in [0.2, 0.25) is 0 Å². The van der Waals surface area contributed by atoms with Crippen LogP contribution < -0.4 is 5.32 Å². The summed E-state index contributed by atoms with van der Waals surface area (Å²) in [5.41, 5.74) is 0. The largest absolute Gasteiger partial charge is 0.374 e. The van der Waals surface area contributed by atoms with Crippen LogP contribution in [0.15, 0.2) is 0 Å². The molecule has 2 fully saturated rings. The summed E-state index contributed by atoms with van der Waals surface area (Å²) in [5, 5.41) is 3.72. The van der Waals surface area contributed by atoms with Gasteiger partial charge in [0.25, 0.3) is 0 Å². The van der Waals surface area contributed by atoms with Gasteiger partial charge in [0.15, 0.2) is 0 Å². The van der Waals surface area contributed by atoms with E-state index in [1.807, 2.05) is 0 Å². The molecule has 2 aliphatic rings. The van der Waals surface area contributed by atoms with Crippen LogP contribution >= 0.6 is 0 Å². The van der Waals surface area contributed by atoms with E-state index in [2.05, 4.69) is 24.1 Å². The Labute approximate surface area is 112 Å². The smallest absolute Gasteiger partial charge is 0.0855 e. The molecular formula is C15H30N2O. The summed E-state index contributed by atoms with van der Waals surface area (Å²) >= 11 is 0. The number of nitrogens with zero attached hydrogens (tertiary/aromatic N) is 1. The van der Waals surface area contributed by atoms with Gasteiger partial charge in [-0.3, -0.25) is 4.90 Å². The molecule has 1 heterocycles. The van der Waals surface area contributed by atoms with E-state index in [1.54, 1.807) is 0 Å². The Hall–Kier alpha value is -0.120. The molecule has 3 nitrogen and oxygen atoms in total. The van der Waals surface area contributed by atoms with Crippen LogP contribution in [-0.2, 0) is 4.74 Å². The van der Waals surface area contributed by atoms with Gasteiger partial charge in [-0.15, -0.1) is 0 Å². The van der Waals surface area contributed by atoms with Crippen molar-refractivity contribution in [2.45, 2.75) is 58.1 Å². The van der Waals surface area contributed by atoms with Crippen LogP contribution in [0, 0.1) is 5.92 Å². The van der Waals surface area contributed by atoms with Gasteiger partial charge < -0.3 is 10.1 Å². The molecule has 2 atom stereocenters. The zero-order valence-corrected chi connectivity index (χ0v) is 12.2. The third kappa shape index (κ3) is 4.52. The van der Waals surface area contributed by atoms with E-state index in [-0.39, 0.29) is 0 Å². The molecule has 1 saturated carbocycles. The molecule has 1 aliphatic carbocycles. The van der Waals surface area contributed by atoms with Crippen LogP contribution in [0.3, 0.4) is 0 Å². The second kappa shape index (κ2) is 7.46. The second-order valence-electron chi connectivity index (χ2n) is 5.88. The maximum Gasteiger partial charge on any atom is 0.0855 e. The Kier molecular flexibility index (Phi) is 5.93. The predicted octanol–water partition coefficient (Wildman–Crippen LogP) is 2.27. The third-order valence-corrected chi connectivity index (χ3v) is 4.31. The molecule has 1 saturated heterocycles. The lowest BCUT2D eigenvalue weighted by molar-refractivity contribution is -0.0465. The Morgan fingerprint density at radius 2 is 2.17 bits per heavy atom. The lowest BCUT2D eigenvalue weighted by Crippen LogP contribution is -2.52. The summed E-state index contributed by atoms with van der Waals surface area (Å²) in [4.78, 5) is 2.52. The topological polar surface area (TPSA) is 24.5 Å². The average molecular weight is 254 g/mol. The fourth-order valence-corrected chi connectivity index (χ4v) is 2.83. The van der Waals surface area contributed by atoms with Crippen molar-refractivity contribution in [3.63, 3.8) is 0 Å². The maximum absolute atomic E-state index is 6.02. The number of morpholine rings is 1. The minimum absolute atomic E-state index is 0.406. The SMILES string of the molecule is CCCNC(CCC1CC1)C1CN(CC)CCO1. The molecular weight excluding hydrogens is 224 g/mol. The number of ether oxygens (including phenoxy) is 1. The lowest BCUT2D eigenvalue weighted by Gasteiger charge is -2.37. The molecule has 0 bridgehead atoms. The molecule has 0 aromatic rings. The molecule has 0 aromatic carbocycles. The van der Waals surface area contributed by atoms with Gasteiger partial charge in [-0.1, -0.05) is 26.7 Å². The fraction of sp³-hybridized carbons (Fsp3) is 1.00. The lowest BCUT2D eigenvalue weighted by atomic mass is 10.0. The van der Waals surface area contributed by atoms with Crippen molar-refractivity contribution in [3.05, 3.63) is 0 Å². The summed E-state index contributed by atoms with van der Waals surface area (Å²) in [5.74, 6) is 1.03. The van der Waals surface area contributed by atoms with Gasteiger partial charge in [0, 0.05) is 19.1 Å². The van der Waals surface area contributed by atoms with Crippen LogP contribution in [0.1, 0.15) is 46.0 Å². The highest BCUT2D eigenvalue weighted by Gasteiger charge is 2.29. The molecule has 1 N–H and O–H groups in total.